The lowest BCUT2D eigenvalue weighted by Crippen LogP contribution is -2.42. The molecule has 1 fully saturated rings. The molecule has 2 N–H and O–H groups in total. The highest BCUT2D eigenvalue weighted by Gasteiger charge is 2.23. The van der Waals surface area contributed by atoms with E-state index in [2.05, 4.69) is 29.2 Å². The molecule has 136 valence electrons. The van der Waals surface area contributed by atoms with Crippen LogP contribution in [0, 0.1) is 0 Å². The maximum atomic E-state index is 10.1. The number of hydrogen-bond acceptors (Lipinski definition) is 6. The lowest BCUT2D eigenvalue weighted by atomic mass is 10.1. The number of aliphatic hydroxyl groups excluding tert-OH is 1. The molecule has 1 aromatic rings. The highest BCUT2D eigenvalue weighted by atomic mass is 16.5. The first-order valence-electron chi connectivity index (χ1n) is 9.16. The summed E-state index contributed by atoms with van der Waals surface area (Å²) in [6, 6.07) is 0.326. The van der Waals surface area contributed by atoms with Crippen molar-refractivity contribution in [3.8, 4) is 0 Å². The molecule has 24 heavy (non-hydrogen) atoms. The summed E-state index contributed by atoms with van der Waals surface area (Å²) in [6.45, 7) is 7.36. The molecule has 0 bridgehead atoms. The van der Waals surface area contributed by atoms with Crippen molar-refractivity contribution in [3.05, 3.63) is 11.6 Å². The van der Waals surface area contributed by atoms with E-state index in [1.165, 1.54) is 0 Å². The van der Waals surface area contributed by atoms with Crippen molar-refractivity contribution in [2.45, 2.75) is 70.2 Å². The van der Waals surface area contributed by atoms with E-state index in [9.17, 15) is 5.11 Å². The Morgan fingerprint density at radius 1 is 1.42 bits per heavy atom. The molecule has 0 amide bonds. The van der Waals surface area contributed by atoms with Crippen molar-refractivity contribution in [2.24, 2.45) is 0 Å². The summed E-state index contributed by atoms with van der Waals surface area (Å²) in [4.78, 5) is 4.60. The van der Waals surface area contributed by atoms with Gasteiger partial charge in [-0.05, 0) is 19.3 Å². The molecule has 1 aromatic heterocycles. The maximum Gasteiger partial charge on any atom is 0.153 e. The van der Waals surface area contributed by atoms with Crippen LogP contribution in [0.25, 0.3) is 0 Å². The first-order valence-corrected chi connectivity index (χ1v) is 9.16. The van der Waals surface area contributed by atoms with Gasteiger partial charge in [-0.1, -0.05) is 13.8 Å². The van der Waals surface area contributed by atoms with Crippen LogP contribution in [-0.4, -0.2) is 64.5 Å². The van der Waals surface area contributed by atoms with Gasteiger partial charge < -0.3 is 19.9 Å². The second-order valence-corrected chi connectivity index (χ2v) is 7.19. The summed E-state index contributed by atoms with van der Waals surface area (Å²) >= 11 is 0. The van der Waals surface area contributed by atoms with Gasteiger partial charge >= 0.3 is 0 Å². The summed E-state index contributed by atoms with van der Waals surface area (Å²) in [5.74, 6) is 2.36. The van der Waals surface area contributed by atoms with E-state index >= 15 is 0 Å². The largest absolute Gasteiger partial charge is 0.389 e. The molecule has 3 heterocycles. The monoisotopic (exact) mass is 338 g/mol. The molecule has 7 heteroatoms. The number of aliphatic hydroxyl groups is 1. The highest BCUT2D eigenvalue weighted by molar-refractivity contribution is 5.01. The van der Waals surface area contributed by atoms with Gasteiger partial charge in [0.05, 0.1) is 32.0 Å². The van der Waals surface area contributed by atoms with Crippen molar-refractivity contribution in [1.29, 1.82) is 0 Å². The van der Waals surface area contributed by atoms with Crippen molar-refractivity contribution >= 4 is 0 Å². The number of ether oxygens (including phenoxy) is 2. The van der Waals surface area contributed by atoms with Gasteiger partial charge in [0.25, 0.3) is 0 Å². The van der Waals surface area contributed by atoms with Gasteiger partial charge in [0.1, 0.15) is 5.82 Å². The fourth-order valence-electron chi connectivity index (χ4n) is 3.21. The van der Waals surface area contributed by atoms with E-state index in [-0.39, 0.29) is 6.10 Å². The van der Waals surface area contributed by atoms with E-state index in [0.717, 1.165) is 50.5 Å². The lowest BCUT2D eigenvalue weighted by Gasteiger charge is -2.25. The normalized spacial score (nSPS) is 25.2. The average molecular weight is 338 g/mol. The number of rotatable bonds is 8. The Morgan fingerprint density at radius 3 is 3.04 bits per heavy atom. The van der Waals surface area contributed by atoms with E-state index < -0.39 is 6.10 Å². The van der Waals surface area contributed by atoms with Crippen molar-refractivity contribution < 1.29 is 14.6 Å². The van der Waals surface area contributed by atoms with Crippen molar-refractivity contribution in [1.82, 2.24) is 20.1 Å². The Labute approximate surface area is 143 Å². The van der Waals surface area contributed by atoms with Gasteiger partial charge in [-0.2, -0.15) is 5.10 Å². The molecule has 0 radical (unpaired) electrons. The molecule has 3 rings (SSSR count). The van der Waals surface area contributed by atoms with Gasteiger partial charge in [0.2, 0.25) is 0 Å². The van der Waals surface area contributed by atoms with E-state index in [4.69, 9.17) is 9.47 Å². The average Bonchev–Trinajstić information content (AvgIpc) is 3.21. The first kappa shape index (κ1) is 17.8. The van der Waals surface area contributed by atoms with Crippen LogP contribution in [0.1, 0.15) is 50.7 Å². The van der Waals surface area contributed by atoms with Crippen LogP contribution in [0.4, 0.5) is 0 Å². The zero-order valence-electron chi connectivity index (χ0n) is 14.8. The Balaban J connectivity index is 1.35. The molecule has 0 aromatic carbocycles. The lowest BCUT2D eigenvalue weighted by molar-refractivity contribution is -0.0171. The summed E-state index contributed by atoms with van der Waals surface area (Å²) in [7, 11) is 0. The van der Waals surface area contributed by atoms with Crippen LogP contribution in [-0.2, 0) is 22.4 Å². The predicted molar refractivity (Wildman–Crippen MR) is 90.0 cm³/mol. The van der Waals surface area contributed by atoms with Crippen LogP contribution in [0.15, 0.2) is 0 Å². The summed E-state index contributed by atoms with van der Waals surface area (Å²) < 4.78 is 13.1. The summed E-state index contributed by atoms with van der Waals surface area (Å²) in [5, 5.41) is 18.1. The quantitative estimate of drug-likeness (QED) is 0.732. The number of nitrogens with one attached hydrogen (secondary N) is 1. The van der Waals surface area contributed by atoms with Gasteiger partial charge in [0, 0.05) is 31.5 Å². The summed E-state index contributed by atoms with van der Waals surface area (Å²) in [6.07, 6.45) is 3.86. The Kier molecular flexibility index (Phi) is 6.21. The number of nitrogens with zero attached hydrogens (tertiary/aromatic N) is 3. The molecular formula is C17H30N4O3. The molecular weight excluding hydrogens is 308 g/mol. The Morgan fingerprint density at radius 2 is 2.29 bits per heavy atom. The van der Waals surface area contributed by atoms with Crippen molar-refractivity contribution in [3.63, 3.8) is 0 Å². The topological polar surface area (TPSA) is 81.4 Å². The predicted octanol–water partition coefficient (Wildman–Crippen LogP) is 0.862. The minimum atomic E-state index is -0.491. The zero-order chi connectivity index (χ0) is 16.9. The summed E-state index contributed by atoms with van der Waals surface area (Å²) in [5.41, 5.74) is 0. The molecule has 0 spiro atoms. The number of aryl methyl sites for hydroxylation is 1. The fourth-order valence-corrected chi connectivity index (χ4v) is 3.21. The van der Waals surface area contributed by atoms with Crippen LogP contribution < -0.4 is 5.32 Å². The van der Waals surface area contributed by atoms with Crippen LogP contribution >= 0.6 is 0 Å². The first-order chi connectivity index (χ1) is 11.6. The Hall–Kier alpha value is -1.02. The second kappa shape index (κ2) is 8.38. The van der Waals surface area contributed by atoms with Crippen LogP contribution in [0.2, 0.25) is 0 Å². The van der Waals surface area contributed by atoms with Crippen LogP contribution in [0.5, 0.6) is 0 Å². The molecule has 0 aliphatic carbocycles. The highest BCUT2D eigenvalue weighted by Crippen LogP contribution is 2.17. The fraction of sp³-hybridized carbons (Fsp3) is 0.882. The Bertz CT molecular complexity index is 514. The molecule has 0 unspecified atom stereocenters. The SMILES string of the molecule is CC(C)c1nc2n(n1)C[C@H](NC[C@H](O)COC[C@H]1CCCO1)CC2. The number of hydrogen-bond donors (Lipinski definition) is 2. The molecule has 1 saturated heterocycles. The number of aromatic nitrogens is 3. The third-order valence-electron chi connectivity index (χ3n) is 4.67. The van der Waals surface area contributed by atoms with E-state index in [1.807, 2.05) is 4.68 Å². The third-order valence-corrected chi connectivity index (χ3v) is 4.67. The third kappa shape index (κ3) is 4.75. The van der Waals surface area contributed by atoms with Gasteiger partial charge in [-0.3, -0.25) is 0 Å². The van der Waals surface area contributed by atoms with Gasteiger partial charge in [0.15, 0.2) is 5.82 Å². The maximum absolute atomic E-state index is 10.1. The molecule has 7 nitrogen and oxygen atoms in total. The standard InChI is InChI=1S/C17H30N4O3/c1-12(2)17-19-16-6-5-13(9-21(16)20-17)18-8-14(22)10-23-11-15-4-3-7-24-15/h12-15,18,22H,3-11H2,1-2H3/t13-,14+,15-/m1/s1. The van der Waals surface area contributed by atoms with Crippen molar-refractivity contribution in [2.75, 3.05) is 26.4 Å². The van der Waals surface area contributed by atoms with Crippen LogP contribution in [0.3, 0.4) is 0 Å². The van der Waals surface area contributed by atoms with Gasteiger partial charge in [-0.25, -0.2) is 9.67 Å². The smallest absolute Gasteiger partial charge is 0.153 e. The minimum Gasteiger partial charge on any atom is -0.389 e. The minimum absolute atomic E-state index is 0.212. The molecule has 0 saturated carbocycles. The second-order valence-electron chi connectivity index (χ2n) is 7.19. The number of fused-ring (bicyclic) bond motifs is 1. The zero-order valence-corrected chi connectivity index (χ0v) is 14.8. The van der Waals surface area contributed by atoms with E-state index in [1.54, 1.807) is 0 Å². The molecule has 3 atom stereocenters. The van der Waals surface area contributed by atoms with Gasteiger partial charge in [-0.15, -0.1) is 0 Å². The molecule has 2 aliphatic rings. The van der Waals surface area contributed by atoms with E-state index in [0.29, 0.717) is 31.7 Å². The molecule has 2 aliphatic heterocycles.